The maximum Gasteiger partial charge on any atom is 0.191 e. The fraction of sp³-hybridized carbons (Fsp3) is 0.190. The summed E-state index contributed by atoms with van der Waals surface area (Å²) in [5.41, 5.74) is 3.05. The van der Waals surface area contributed by atoms with Crippen LogP contribution in [0.1, 0.15) is 12.6 Å². The minimum atomic E-state index is 0.690. The predicted molar refractivity (Wildman–Crippen MR) is 120 cm³/mol. The highest BCUT2D eigenvalue weighted by Crippen LogP contribution is 2.31. The number of hydrogen-bond acceptors (Lipinski definition) is 6. The van der Waals surface area contributed by atoms with Crippen molar-refractivity contribution in [3.8, 4) is 27.7 Å². The first-order valence-corrected chi connectivity index (χ1v) is 11.3. The third-order valence-corrected chi connectivity index (χ3v) is 6.51. The van der Waals surface area contributed by atoms with Crippen LogP contribution in [-0.2, 0) is 12.3 Å². The van der Waals surface area contributed by atoms with Gasteiger partial charge in [0, 0.05) is 33.8 Å². The Kier molecular flexibility index (Phi) is 6.18. The molecule has 0 unspecified atom stereocenters. The standard InChI is InChI=1S/C21H19ClN4OS2/c1-3-26-19(14-6-4-8-16(22)10-14)24-25-21(26)29-13-17-12-28-20(23-17)15-7-5-9-18(11-15)27-2/h4-12H,3,13H2,1-2H3. The van der Waals surface area contributed by atoms with Crippen LogP contribution in [0.4, 0.5) is 0 Å². The minimum Gasteiger partial charge on any atom is -0.497 e. The summed E-state index contributed by atoms with van der Waals surface area (Å²) in [5.74, 6) is 2.39. The summed E-state index contributed by atoms with van der Waals surface area (Å²) in [7, 11) is 1.67. The maximum atomic E-state index is 6.13. The van der Waals surface area contributed by atoms with Gasteiger partial charge in [-0.15, -0.1) is 21.5 Å². The van der Waals surface area contributed by atoms with Gasteiger partial charge in [0.1, 0.15) is 10.8 Å². The minimum absolute atomic E-state index is 0.690. The summed E-state index contributed by atoms with van der Waals surface area (Å²) in [6, 6.07) is 15.6. The van der Waals surface area contributed by atoms with E-state index >= 15 is 0 Å². The number of thiazole rings is 1. The second kappa shape index (κ2) is 8.98. The molecule has 0 fully saturated rings. The van der Waals surface area contributed by atoms with Crippen LogP contribution in [0.15, 0.2) is 59.1 Å². The monoisotopic (exact) mass is 442 g/mol. The fourth-order valence-electron chi connectivity index (χ4n) is 2.92. The van der Waals surface area contributed by atoms with E-state index in [0.717, 1.165) is 50.9 Å². The molecule has 8 heteroatoms. The van der Waals surface area contributed by atoms with Gasteiger partial charge in [-0.3, -0.25) is 0 Å². The van der Waals surface area contributed by atoms with Crippen molar-refractivity contribution >= 4 is 34.7 Å². The second-order valence-electron chi connectivity index (χ2n) is 6.23. The maximum absolute atomic E-state index is 6.13. The molecule has 0 aliphatic carbocycles. The molecule has 2 heterocycles. The van der Waals surface area contributed by atoms with Crippen LogP contribution in [0.2, 0.25) is 5.02 Å². The van der Waals surface area contributed by atoms with Crippen molar-refractivity contribution in [3.05, 3.63) is 64.6 Å². The molecule has 2 aromatic heterocycles. The highest BCUT2D eigenvalue weighted by molar-refractivity contribution is 7.98. The lowest BCUT2D eigenvalue weighted by Gasteiger charge is -2.07. The summed E-state index contributed by atoms with van der Waals surface area (Å²) >= 11 is 9.40. The first-order valence-electron chi connectivity index (χ1n) is 9.08. The average Bonchev–Trinajstić information content (AvgIpc) is 3.39. The van der Waals surface area contributed by atoms with Crippen molar-refractivity contribution < 1.29 is 4.74 Å². The number of ether oxygens (including phenoxy) is 1. The van der Waals surface area contributed by atoms with E-state index in [-0.39, 0.29) is 0 Å². The SMILES string of the molecule is CCn1c(SCc2csc(-c3cccc(OC)c3)n2)nnc1-c1cccc(Cl)c1. The van der Waals surface area contributed by atoms with Crippen LogP contribution < -0.4 is 4.74 Å². The lowest BCUT2D eigenvalue weighted by molar-refractivity contribution is 0.415. The Morgan fingerprint density at radius 3 is 2.72 bits per heavy atom. The van der Waals surface area contributed by atoms with Crippen LogP contribution in [-0.4, -0.2) is 26.9 Å². The largest absolute Gasteiger partial charge is 0.497 e. The van der Waals surface area contributed by atoms with E-state index in [1.807, 2.05) is 48.5 Å². The summed E-state index contributed by atoms with van der Waals surface area (Å²) in [4.78, 5) is 4.77. The summed E-state index contributed by atoms with van der Waals surface area (Å²) in [6.07, 6.45) is 0. The molecule has 0 spiro atoms. The van der Waals surface area contributed by atoms with E-state index < -0.39 is 0 Å². The number of rotatable bonds is 7. The van der Waals surface area contributed by atoms with E-state index in [4.69, 9.17) is 21.3 Å². The van der Waals surface area contributed by atoms with Gasteiger partial charge in [0.15, 0.2) is 11.0 Å². The van der Waals surface area contributed by atoms with Gasteiger partial charge in [0.25, 0.3) is 0 Å². The molecule has 0 aliphatic rings. The molecule has 0 saturated carbocycles. The van der Waals surface area contributed by atoms with Gasteiger partial charge < -0.3 is 9.30 Å². The molecule has 0 radical (unpaired) electrons. The van der Waals surface area contributed by atoms with E-state index in [9.17, 15) is 0 Å². The first-order chi connectivity index (χ1) is 14.2. The van der Waals surface area contributed by atoms with Crippen molar-refractivity contribution in [3.63, 3.8) is 0 Å². The molecule has 0 saturated heterocycles. The highest BCUT2D eigenvalue weighted by atomic mass is 35.5. The predicted octanol–water partition coefficient (Wildman–Crippen LogP) is 6.04. The number of thioether (sulfide) groups is 1. The third kappa shape index (κ3) is 4.47. The van der Waals surface area contributed by atoms with Gasteiger partial charge in [-0.05, 0) is 31.2 Å². The molecule has 0 amide bonds. The van der Waals surface area contributed by atoms with Crippen molar-refractivity contribution in [2.24, 2.45) is 0 Å². The molecule has 2 aromatic carbocycles. The highest BCUT2D eigenvalue weighted by Gasteiger charge is 2.14. The molecule has 0 aliphatic heterocycles. The molecule has 4 aromatic rings. The van der Waals surface area contributed by atoms with Crippen LogP contribution in [0.5, 0.6) is 5.75 Å². The lowest BCUT2D eigenvalue weighted by atomic mass is 10.2. The molecule has 0 N–H and O–H groups in total. The Labute approximate surface area is 182 Å². The number of aromatic nitrogens is 4. The van der Waals surface area contributed by atoms with Crippen LogP contribution in [0.3, 0.4) is 0 Å². The lowest BCUT2D eigenvalue weighted by Crippen LogP contribution is -2.00. The van der Waals surface area contributed by atoms with Crippen molar-refractivity contribution in [2.45, 2.75) is 24.4 Å². The molecule has 4 rings (SSSR count). The number of benzene rings is 2. The summed E-state index contributed by atoms with van der Waals surface area (Å²) in [6.45, 7) is 2.87. The van der Waals surface area contributed by atoms with Gasteiger partial charge in [0.05, 0.1) is 12.8 Å². The number of hydrogen-bond donors (Lipinski definition) is 0. The number of methoxy groups -OCH3 is 1. The van der Waals surface area contributed by atoms with Crippen LogP contribution in [0.25, 0.3) is 22.0 Å². The zero-order valence-corrected chi connectivity index (χ0v) is 18.4. The van der Waals surface area contributed by atoms with E-state index in [0.29, 0.717) is 5.02 Å². The Bertz CT molecular complexity index is 1130. The smallest absolute Gasteiger partial charge is 0.191 e. The second-order valence-corrected chi connectivity index (χ2v) is 8.46. The molecule has 0 bridgehead atoms. The molecule has 148 valence electrons. The first kappa shape index (κ1) is 19.9. The Balaban J connectivity index is 1.51. The van der Waals surface area contributed by atoms with Crippen molar-refractivity contribution in [1.29, 1.82) is 0 Å². The summed E-state index contributed by atoms with van der Waals surface area (Å²) < 4.78 is 7.41. The van der Waals surface area contributed by atoms with Crippen LogP contribution in [0, 0.1) is 0 Å². The molecular formula is C21H19ClN4OS2. The van der Waals surface area contributed by atoms with Crippen molar-refractivity contribution in [1.82, 2.24) is 19.7 Å². The number of halogens is 1. The number of nitrogens with zero attached hydrogens (tertiary/aromatic N) is 4. The average molecular weight is 443 g/mol. The normalized spacial score (nSPS) is 11.0. The molecular weight excluding hydrogens is 424 g/mol. The van der Waals surface area contributed by atoms with E-state index in [1.165, 1.54) is 0 Å². The molecule has 0 atom stereocenters. The summed E-state index contributed by atoms with van der Waals surface area (Å²) in [5, 5.41) is 13.4. The molecule has 29 heavy (non-hydrogen) atoms. The zero-order chi connectivity index (χ0) is 20.2. The van der Waals surface area contributed by atoms with Gasteiger partial charge in [-0.2, -0.15) is 0 Å². The Morgan fingerprint density at radius 2 is 1.93 bits per heavy atom. The van der Waals surface area contributed by atoms with E-state index in [2.05, 4.69) is 27.1 Å². The van der Waals surface area contributed by atoms with Gasteiger partial charge in [-0.25, -0.2) is 4.98 Å². The Morgan fingerprint density at radius 1 is 1.10 bits per heavy atom. The Hall–Kier alpha value is -2.35. The van der Waals surface area contributed by atoms with Crippen molar-refractivity contribution in [2.75, 3.05) is 7.11 Å². The third-order valence-electron chi connectivity index (χ3n) is 4.33. The van der Waals surface area contributed by atoms with Gasteiger partial charge >= 0.3 is 0 Å². The zero-order valence-electron chi connectivity index (χ0n) is 16.0. The van der Waals surface area contributed by atoms with Gasteiger partial charge in [0.2, 0.25) is 0 Å². The van der Waals surface area contributed by atoms with Crippen LogP contribution >= 0.6 is 34.7 Å². The van der Waals surface area contributed by atoms with Gasteiger partial charge in [-0.1, -0.05) is 47.6 Å². The fourth-order valence-corrected chi connectivity index (χ4v) is 4.93. The topological polar surface area (TPSA) is 52.8 Å². The van der Waals surface area contributed by atoms with E-state index in [1.54, 1.807) is 30.2 Å². The quantitative estimate of drug-likeness (QED) is 0.326. The molecule has 5 nitrogen and oxygen atoms in total.